The van der Waals surface area contributed by atoms with Gasteiger partial charge in [-0.25, -0.2) is 14.5 Å². The number of nitrogens with one attached hydrogen (secondary N) is 2. The highest BCUT2D eigenvalue weighted by Crippen LogP contribution is 2.34. The van der Waals surface area contributed by atoms with Crippen LogP contribution in [0.5, 0.6) is 17.4 Å². The fourth-order valence-corrected chi connectivity index (χ4v) is 5.89. The maximum atomic E-state index is 13.5. The molecule has 0 fully saturated rings. The second-order valence-electron chi connectivity index (χ2n) is 14.3. The molecular weight excluding hydrogens is 721 g/mol. The number of carbonyl (C=O) groups excluding carboxylic acids is 1. The summed E-state index contributed by atoms with van der Waals surface area (Å²) in [5.74, 6) is 5.37. The van der Waals surface area contributed by atoms with Gasteiger partial charge in [-0.2, -0.15) is 10.1 Å². The van der Waals surface area contributed by atoms with Crippen molar-refractivity contribution in [3.8, 4) is 35.4 Å². The van der Waals surface area contributed by atoms with E-state index in [1.807, 2.05) is 91.9 Å². The summed E-state index contributed by atoms with van der Waals surface area (Å²) in [5.41, 5.74) is 4.80. The fourth-order valence-electron chi connectivity index (χ4n) is 5.89. The molecule has 6 rings (SSSR count). The van der Waals surface area contributed by atoms with Gasteiger partial charge >= 0.3 is 6.03 Å². The Morgan fingerprint density at radius 2 is 1.58 bits per heavy atom. The molecule has 2 amide bonds. The zero-order valence-corrected chi connectivity index (χ0v) is 33.0. The quantitative estimate of drug-likeness (QED) is 0.0693. The van der Waals surface area contributed by atoms with Gasteiger partial charge in [-0.15, -0.1) is 6.42 Å². The number of carbonyl (C=O) groups is 1. The van der Waals surface area contributed by atoms with E-state index >= 15 is 0 Å². The van der Waals surface area contributed by atoms with E-state index in [2.05, 4.69) is 42.3 Å². The van der Waals surface area contributed by atoms with E-state index in [1.165, 1.54) is 0 Å². The number of fused-ring (bicyclic) bond motifs is 1. The Bertz CT molecular complexity index is 2330. The Kier molecular flexibility index (Phi) is 13.5. The zero-order valence-electron chi connectivity index (χ0n) is 33.0. The van der Waals surface area contributed by atoms with Crippen molar-refractivity contribution < 1.29 is 28.5 Å². The first-order valence-electron chi connectivity index (χ1n) is 18.7. The average Bonchev–Trinajstić information content (AvgIpc) is 3.63. The SMILES string of the molecule is C#Cc1cc(Cc2nccc(Oc3ccc(NC(=O)Nc4cc(C(C)(C)C)nn4-c4ccc(C)cc4)c4ccccc34)n2)cc(OCCOCCOCCOC)c1. The van der Waals surface area contributed by atoms with Crippen molar-refractivity contribution in [1.82, 2.24) is 19.7 Å². The van der Waals surface area contributed by atoms with Gasteiger partial charge in [0.2, 0.25) is 5.88 Å². The molecule has 0 saturated carbocycles. The molecule has 4 aromatic carbocycles. The summed E-state index contributed by atoms with van der Waals surface area (Å²) in [5, 5.41) is 12.5. The van der Waals surface area contributed by atoms with Crippen LogP contribution in [-0.2, 0) is 26.0 Å². The van der Waals surface area contributed by atoms with Crippen LogP contribution in [0.3, 0.4) is 0 Å². The number of hydrogen-bond donors (Lipinski definition) is 2. The number of anilines is 2. The molecule has 0 atom stereocenters. The van der Waals surface area contributed by atoms with Crippen LogP contribution in [0.1, 0.15) is 49.0 Å². The average molecular weight is 769 g/mol. The Morgan fingerprint density at radius 3 is 2.32 bits per heavy atom. The number of amides is 2. The highest BCUT2D eigenvalue weighted by atomic mass is 16.6. The van der Waals surface area contributed by atoms with E-state index in [0.717, 1.165) is 33.3 Å². The number of benzene rings is 4. The van der Waals surface area contributed by atoms with Crippen molar-refractivity contribution in [2.24, 2.45) is 0 Å². The van der Waals surface area contributed by atoms with Crippen molar-refractivity contribution in [2.75, 3.05) is 57.4 Å². The van der Waals surface area contributed by atoms with Crippen LogP contribution in [0, 0.1) is 19.3 Å². The van der Waals surface area contributed by atoms with Crippen molar-refractivity contribution in [2.45, 2.75) is 39.5 Å². The largest absolute Gasteiger partial charge is 0.491 e. The molecule has 0 saturated heterocycles. The van der Waals surface area contributed by atoms with E-state index in [9.17, 15) is 4.79 Å². The number of aryl methyl sites for hydroxylation is 1. The van der Waals surface area contributed by atoms with Crippen LogP contribution in [-0.4, -0.2) is 72.5 Å². The van der Waals surface area contributed by atoms with Gasteiger partial charge in [-0.3, -0.25) is 5.32 Å². The number of urea groups is 1. The fraction of sp³-hybridized carbons (Fsp3) is 0.289. The zero-order chi connectivity index (χ0) is 40.2. The number of hydrogen-bond acceptors (Lipinski definition) is 9. The topological polar surface area (TPSA) is 131 Å². The van der Waals surface area contributed by atoms with Crippen molar-refractivity contribution in [1.29, 1.82) is 0 Å². The second kappa shape index (κ2) is 19.1. The highest BCUT2D eigenvalue weighted by Gasteiger charge is 2.22. The summed E-state index contributed by atoms with van der Waals surface area (Å²) in [6, 6.07) is 28.2. The van der Waals surface area contributed by atoms with Crippen LogP contribution >= 0.6 is 0 Å². The monoisotopic (exact) mass is 768 g/mol. The van der Waals surface area contributed by atoms with Crippen LogP contribution in [0.15, 0.2) is 97.2 Å². The van der Waals surface area contributed by atoms with Gasteiger partial charge in [0.1, 0.15) is 29.7 Å². The lowest BCUT2D eigenvalue weighted by Crippen LogP contribution is -2.21. The standard InChI is InChI=1S/C45H48N6O6/c1-7-32-26-33(28-35(27-32)56-25-24-55-23-22-54-21-20-53-6)29-41-46-19-18-43(48-41)57-39-17-16-38(36-10-8-9-11-37(36)39)47-44(52)49-42-30-40(45(3,4)5)50-51(42)34-14-12-31(2)13-15-34/h1,8-19,26-28,30H,20-25,29H2,2-6H3,(H2,47,49,52). The molecule has 0 unspecified atom stereocenters. The van der Waals surface area contributed by atoms with E-state index in [1.54, 1.807) is 24.1 Å². The minimum Gasteiger partial charge on any atom is -0.491 e. The molecule has 0 aliphatic heterocycles. The summed E-state index contributed by atoms with van der Waals surface area (Å²) < 4.78 is 30.0. The first-order chi connectivity index (χ1) is 27.6. The predicted octanol–water partition coefficient (Wildman–Crippen LogP) is 8.49. The molecule has 0 spiro atoms. The molecule has 294 valence electrons. The number of aromatic nitrogens is 4. The molecule has 12 heteroatoms. The summed E-state index contributed by atoms with van der Waals surface area (Å²) >= 11 is 0. The number of rotatable bonds is 17. The van der Waals surface area contributed by atoms with Crippen molar-refractivity contribution in [3.63, 3.8) is 0 Å². The van der Waals surface area contributed by atoms with Crippen molar-refractivity contribution >= 4 is 28.3 Å². The van der Waals surface area contributed by atoms with Crippen LogP contribution in [0.25, 0.3) is 16.5 Å². The summed E-state index contributed by atoms with van der Waals surface area (Å²) in [6.45, 7) is 11.1. The number of nitrogens with zero attached hydrogens (tertiary/aromatic N) is 4. The molecule has 0 bridgehead atoms. The van der Waals surface area contributed by atoms with Gasteiger partial charge in [0.05, 0.1) is 50.1 Å². The normalized spacial score (nSPS) is 11.3. The molecule has 2 N–H and O–H groups in total. The number of ether oxygens (including phenoxy) is 5. The Morgan fingerprint density at radius 1 is 0.842 bits per heavy atom. The predicted molar refractivity (Wildman–Crippen MR) is 222 cm³/mol. The lowest BCUT2D eigenvalue weighted by molar-refractivity contribution is 0.0179. The molecule has 2 aromatic heterocycles. The molecule has 0 aliphatic carbocycles. The van der Waals surface area contributed by atoms with E-state index < -0.39 is 6.03 Å². The number of terminal acetylenes is 1. The van der Waals surface area contributed by atoms with Gasteiger partial charge in [0.25, 0.3) is 0 Å². The third-order valence-corrected chi connectivity index (χ3v) is 8.82. The summed E-state index contributed by atoms with van der Waals surface area (Å²) in [7, 11) is 1.64. The highest BCUT2D eigenvalue weighted by molar-refractivity contribution is 6.07. The molecule has 12 nitrogen and oxygen atoms in total. The first-order valence-corrected chi connectivity index (χ1v) is 18.7. The van der Waals surface area contributed by atoms with E-state index in [0.29, 0.717) is 86.3 Å². The molecule has 2 heterocycles. The lowest BCUT2D eigenvalue weighted by Gasteiger charge is -2.14. The van der Waals surface area contributed by atoms with Crippen LogP contribution < -0.4 is 20.1 Å². The number of methoxy groups -OCH3 is 1. The molecule has 0 radical (unpaired) electrons. The Balaban J connectivity index is 1.12. The lowest BCUT2D eigenvalue weighted by atomic mass is 9.92. The Hall–Kier alpha value is -6.26. The molecule has 57 heavy (non-hydrogen) atoms. The maximum Gasteiger partial charge on any atom is 0.324 e. The third-order valence-electron chi connectivity index (χ3n) is 8.82. The van der Waals surface area contributed by atoms with Crippen LogP contribution in [0.4, 0.5) is 16.3 Å². The third kappa shape index (κ3) is 11.2. The van der Waals surface area contributed by atoms with Gasteiger partial charge in [0, 0.05) is 53.6 Å². The van der Waals surface area contributed by atoms with E-state index in [4.69, 9.17) is 40.2 Å². The molecule has 6 aromatic rings. The van der Waals surface area contributed by atoms with Gasteiger partial charge in [-0.1, -0.05) is 68.7 Å². The molecule has 0 aliphatic rings. The smallest absolute Gasteiger partial charge is 0.324 e. The Labute approximate surface area is 333 Å². The van der Waals surface area contributed by atoms with E-state index in [-0.39, 0.29) is 5.41 Å². The van der Waals surface area contributed by atoms with Gasteiger partial charge in [0.15, 0.2) is 0 Å². The van der Waals surface area contributed by atoms with Crippen molar-refractivity contribution in [3.05, 3.63) is 125 Å². The second-order valence-corrected chi connectivity index (χ2v) is 14.3. The summed E-state index contributed by atoms with van der Waals surface area (Å²) in [6.07, 6.45) is 7.82. The van der Waals surface area contributed by atoms with Crippen LogP contribution in [0.2, 0.25) is 0 Å². The maximum absolute atomic E-state index is 13.5. The van der Waals surface area contributed by atoms with Gasteiger partial charge < -0.3 is 29.0 Å². The minimum atomic E-state index is -0.404. The molecular formula is C45H48N6O6. The first kappa shape index (κ1) is 40.4. The van der Waals surface area contributed by atoms with Gasteiger partial charge in [-0.05, 0) is 55.0 Å². The minimum absolute atomic E-state index is 0.220. The summed E-state index contributed by atoms with van der Waals surface area (Å²) in [4.78, 5) is 22.7.